The Kier molecular flexibility index (Phi) is 5.17. The monoisotopic (exact) mass is 317 g/mol. The first-order valence-corrected chi connectivity index (χ1v) is 7.54. The Morgan fingerprint density at radius 2 is 1.96 bits per heavy atom. The first-order chi connectivity index (χ1) is 11.3. The fourth-order valence-electron chi connectivity index (χ4n) is 2.25. The number of hydrogen-bond acceptors (Lipinski definition) is 7. The Bertz CT molecular complexity index is 609. The molecule has 1 aliphatic heterocycles. The molecule has 1 aliphatic rings. The number of ether oxygens (including phenoxy) is 1. The quantitative estimate of drug-likeness (QED) is 0.823. The minimum absolute atomic E-state index is 0.236. The first kappa shape index (κ1) is 15.4. The highest BCUT2D eigenvalue weighted by Crippen LogP contribution is 2.08. The minimum Gasteiger partial charge on any atom is -0.459 e. The zero-order chi connectivity index (χ0) is 15.9. The molecule has 0 radical (unpaired) electrons. The van der Waals surface area contributed by atoms with Gasteiger partial charge in [0, 0.05) is 26.2 Å². The lowest BCUT2D eigenvalue weighted by Gasteiger charge is -2.26. The Balaban J connectivity index is 1.44. The summed E-state index contributed by atoms with van der Waals surface area (Å²) in [5.74, 6) is 0.941. The van der Waals surface area contributed by atoms with Gasteiger partial charge in [0.15, 0.2) is 11.6 Å². The Morgan fingerprint density at radius 1 is 1.17 bits per heavy atom. The first-order valence-electron chi connectivity index (χ1n) is 7.54. The molecule has 0 spiro atoms. The van der Waals surface area contributed by atoms with Crippen molar-refractivity contribution in [3.8, 4) is 0 Å². The molecule has 8 heteroatoms. The summed E-state index contributed by atoms with van der Waals surface area (Å²) in [5, 5.41) is 13.9. The van der Waals surface area contributed by atoms with E-state index in [0.717, 1.165) is 39.4 Å². The minimum atomic E-state index is -0.350. The number of furan rings is 1. The number of nitrogens with one attached hydrogen (secondary N) is 2. The zero-order valence-corrected chi connectivity index (χ0v) is 12.7. The summed E-state index contributed by atoms with van der Waals surface area (Å²) < 4.78 is 10.3. The molecule has 0 saturated carbocycles. The van der Waals surface area contributed by atoms with E-state index in [1.165, 1.54) is 6.26 Å². The van der Waals surface area contributed by atoms with E-state index >= 15 is 0 Å². The lowest BCUT2D eigenvalue weighted by Crippen LogP contribution is -2.39. The van der Waals surface area contributed by atoms with Gasteiger partial charge in [-0.25, -0.2) is 0 Å². The average molecular weight is 317 g/mol. The highest BCUT2D eigenvalue weighted by molar-refractivity contribution is 6.01. The van der Waals surface area contributed by atoms with Crippen molar-refractivity contribution in [3.05, 3.63) is 36.3 Å². The largest absolute Gasteiger partial charge is 0.459 e. The normalized spacial score (nSPS) is 15.3. The molecule has 122 valence electrons. The van der Waals surface area contributed by atoms with Gasteiger partial charge in [-0.2, -0.15) is 0 Å². The van der Waals surface area contributed by atoms with Crippen LogP contribution in [0.3, 0.4) is 0 Å². The maximum atomic E-state index is 11.8. The Labute approximate surface area is 133 Å². The molecule has 23 heavy (non-hydrogen) atoms. The molecule has 8 nitrogen and oxygen atoms in total. The predicted octanol–water partition coefficient (Wildman–Crippen LogP) is 1.07. The average Bonchev–Trinajstić information content (AvgIpc) is 3.12. The second kappa shape index (κ2) is 7.70. The van der Waals surface area contributed by atoms with Crippen LogP contribution in [0.2, 0.25) is 0 Å². The molecule has 1 amide bonds. The van der Waals surface area contributed by atoms with Gasteiger partial charge in [-0.15, -0.1) is 10.2 Å². The Hall–Kier alpha value is -2.45. The summed E-state index contributed by atoms with van der Waals surface area (Å²) >= 11 is 0. The second-order valence-electron chi connectivity index (χ2n) is 5.12. The Morgan fingerprint density at radius 3 is 2.65 bits per heavy atom. The number of carbonyl (C=O) groups excluding carboxylic acids is 1. The molecule has 0 unspecified atom stereocenters. The van der Waals surface area contributed by atoms with Crippen LogP contribution >= 0.6 is 0 Å². The predicted molar refractivity (Wildman–Crippen MR) is 84.4 cm³/mol. The van der Waals surface area contributed by atoms with E-state index in [9.17, 15) is 4.79 Å². The molecule has 2 aromatic rings. The van der Waals surface area contributed by atoms with Crippen molar-refractivity contribution >= 4 is 17.5 Å². The molecule has 0 aromatic carbocycles. The van der Waals surface area contributed by atoms with E-state index in [0.29, 0.717) is 11.6 Å². The van der Waals surface area contributed by atoms with E-state index in [1.54, 1.807) is 24.3 Å². The van der Waals surface area contributed by atoms with E-state index in [2.05, 4.69) is 25.7 Å². The van der Waals surface area contributed by atoms with Crippen LogP contribution in [0.5, 0.6) is 0 Å². The SMILES string of the molecule is O=C(Nc1ccc(NCCN2CCOCC2)nn1)c1ccco1. The van der Waals surface area contributed by atoms with Gasteiger partial charge in [0.1, 0.15) is 5.82 Å². The standard InChI is InChI=1S/C15H19N5O3/c21-15(12-2-1-9-23-12)17-14-4-3-13(18-19-14)16-5-6-20-7-10-22-11-8-20/h1-4,9H,5-8,10-11H2,(H,16,18)(H,17,19,21). The third-order valence-corrected chi connectivity index (χ3v) is 3.49. The van der Waals surface area contributed by atoms with Crippen molar-refractivity contribution in [2.75, 3.05) is 50.0 Å². The van der Waals surface area contributed by atoms with Crippen LogP contribution in [0.25, 0.3) is 0 Å². The van der Waals surface area contributed by atoms with Crippen molar-refractivity contribution in [2.24, 2.45) is 0 Å². The third kappa shape index (κ3) is 4.51. The number of morpholine rings is 1. The van der Waals surface area contributed by atoms with Crippen LogP contribution in [-0.4, -0.2) is 60.4 Å². The number of amides is 1. The van der Waals surface area contributed by atoms with E-state index in [1.807, 2.05) is 0 Å². The summed E-state index contributed by atoms with van der Waals surface area (Å²) in [6.07, 6.45) is 1.45. The molecule has 0 aliphatic carbocycles. The topological polar surface area (TPSA) is 92.5 Å². The van der Waals surface area contributed by atoms with Crippen molar-refractivity contribution < 1.29 is 13.9 Å². The summed E-state index contributed by atoms with van der Waals surface area (Å²) in [4.78, 5) is 14.1. The smallest absolute Gasteiger partial charge is 0.292 e. The van der Waals surface area contributed by atoms with Crippen LogP contribution in [0.4, 0.5) is 11.6 Å². The summed E-state index contributed by atoms with van der Waals surface area (Å²) in [7, 11) is 0. The number of rotatable bonds is 6. The van der Waals surface area contributed by atoms with Gasteiger partial charge in [-0.3, -0.25) is 9.69 Å². The molecular formula is C15H19N5O3. The number of aromatic nitrogens is 2. The lowest BCUT2D eigenvalue weighted by atomic mass is 10.4. The molecule has 3 heterocycles. The summed E-state index contributed by atoms with van der Waals surface area (Å²) in [6.45, 7) is 5.23. The highest BCUT2D eigenvalue weighted by Gasteiger charge is 2.11. The van der Waals surface area contributed by atoms with Gasteiger partial charge in [0.25, 0.3) is 5.91 Å². The van der Waals surface area contributed by atoms with Crippen molar-refractivity contribution in [1.82, 2.24) is 15.1 Å². The molecule has 1 saturated heterocycles. The van der Waals surface area contributed by atoms with Crippen LogP contribution in [0, 0.1) is 0 Å². The highest BCUT2D eigenvalue weighted by atomic mass is 16.5. The number of anilines is 2. The summed E-state index contributed by atoms with van der Waals surface area (Å²) in [5.41, 5.74) is 0. The van der Waals surface area contributed by atoms with E-state index in [-0.39, 0.29) is 11.7 Å². The molecule has 2 aromatic heterocycles. The maximum Gasteiger partial charge on any atom is 0.292 e. The second-order valence-corrected chi connectivity index (χ2v) is 5.12. The molecular weight excluding hydrogens is 298 g/mol. The molecule has 2 N–H and O–H groups in total. The van der Waals surface area contributed by atoms with Gasteiger partial charge >= 0.3 is 0 Å². The number of carbonyl (C=O) groups is 1. The molecule has 0 atom stereocenters. The van der Waals surface area contributed by atoms with Gasteiger partial charge in [-0.05, 0) is 24.3 Å². The number of hydrogen-bond donors (Lipinski definition) is 2. The maximum absolute atomic E-state index is 11.8. The van der Waals surface area contributed by atoms with Crippen LogP contribution < -0.4 is 10.6 Å². The van der Waals surface area contributed by atoms with Gasteiger partial charge in [0.05, 0.1) is 19.5 Å². The van der Waals surface area contributed by atoms with Crippen molar-refractivity contribution in [1.29, 1.82) is 0 Å². The fraction of sp³-hybridized carbons (Fsp3) is 0.400. The fourth-order valence-corrected chi connectivity index (χ4v) is 2.25. The van der Waals surface area contributed by atoms with Gasteiger partial charge < -0.3 is 19.8 Å². The van der Waals surface area contributed by atoms with E-state index in [4.69, 9.17) is 9.15 Å². The van der Waals surface area contributed by atoms with Gasteiger partial charge in [0.2, 0.25) is 0 Å². The zero-order valence-electron chi connectivity index (χ0n) is 12.7. The third-order valence-electron chi connectivity index (χ3n) is 3.49. The van der Waals surface area contributed by atoms with Crippen LogP contribution in [0.15, 0.2) is 34.9 Å². The molecule has 0 bridgehead atoms. The van der Waals surface area contributed by atoms with Crippen LogP contribution in [-0.2, 0) is 4.74 Å². The van der Waals surface area contributed by atoms with Crippen LogP contribution in [0.1, 0.15) is 10.6 Å². The van der Waals surface area contributed by atoms with Gasteiger partial charge in [-0.1, -0.05) is 0 Å². The van der Waals surface area contributed by atoms with Crippen molar-refractivity contribution in [2.45, 2.75) is 0 Å². The summed E-state index contributed by atoms with van der Waals surface area (Å²) in [6, 6.07) is 6.72. The lowest BCUT2D eigenvalue weighted by molar-refractivity contribution is 0.0398. The molecule has 3 rings (SSSR count). The van der Waals surface area contributed by atoms with Crippen molar-refractivity contribution in [3.63, 3.8) is 0 Å². The number of nitrogens with zero attached hydrogens (tertiary/aromatic N) is 3. The molecule has 1 fully saturated rings. The van der Waals surface area contributed by atoms with E-state index < -0.39 is 0 Å².